The van der Waals surface area contributed by atoms with Crippen LogP contribution in [0.1, 0.15) is 0 Å². The van der Waals surface area contributed by atoms with Gasteiger partial charge >= 0.3 is 6.09 Å². The molecule has 11 heteroatoms. The van der Waals surface area contributed by atoms with Crippen LogP contribution in [-0.4, -0.2) is 69.7 Å². The van der Waals surface area contributed by atoms with Crippen molar-refractivity contribution >= 4 is 33.8 Å². The number of aromatic nitrogens is 1. The number of nitrogens with zero attached hydrogens (tertiary/aromatic N) is 3. The molecule has 1 aromatic carbocycles. The summed E-state index contributed by atoms with van der Waals surface area (Å²) in [7, 11) is -2.98. The molecule has 9 nitrogen and oxygen atoms in total. The second-order valence-corrected chi connectivity index (χ2v) is 9.65. The molecule has 2 saturated heterocycles. The van der Waals surface area contributed by atoms with E-state index in [-0.39, 0.29) is 24.6 Å². The number of halogens is 1. The van der Waals surface area contributed by atoms with Crippen molar-refractivity contribution in [2.75, 3.05) is 47.5 Å². The number of sulfone groups is 1. The normalized spacial score (nSPS) is 20.4. The van der Waals surface area contributed by atoms with Gasteiger partial charge in [0.25, 0.3) is 0 Å². The van der Waals surface area contributed by atoms with E-state index >= 15 is 0 Å². The summed E-state index contributed by atoms with van der Waals surface area (Å²) in [4.78, 5) is 30.0. The summed E-state index contributed by atoms with van der Waals surface area (Å²) < 4.78 is 43.1. The summed E-state index contributed by atoms with van der Waals surface area (Å²) in [5.41, 5.74) is 1.25. The number of benzene rings is 1. The van der Waals surface area contributed by atoms with Crippen LogP contribution in [0.2, 0.25) is 0 Å². The molecule has 31 heavy (non-hydrogen) atoms. The summed E-state index contributed by atoms with van der Waals surface area (Å²) in [5, 5.41) is 2.46. The zero-order valence-corrected chi connectivity index (χ0v) is 17.3. The molecule has 1 aromatic heterocycles. The topological polar surface area (TPSA) is 109 Å². The lowest BCUT2D eigenvalue weighted by molar-refractivity contribution is -0.109. The number of nitrogens with one attached hydrogen (secondary N) is 1. The number of hydrogen-bond donors (Lipinski definition) is 1. The molecule has 1 atom stereocenters. The van der Waals surface area contributed by atoms with Gasteiger partial charge in [-0.25, -0.2) is 22.6 Å². The average molecular weight is 448 g/mol. The molecule has 0 radical (unpaired) electrons. The van der Waals surface area contributed by atoms with Crippen LogP contribution in [0.25, 0.3) is 11.1 Å². The third-order valence-electron chi connectivity index (χ3n) is 5.29. The zero-order chi connectivity index (χ0) is 22.0. The van der Waals surface area contributed by atoms with Crippen molar-refractivity contribution in [3.8, 4) is 11.1 Å². The van der Waals surface area contributed by atoms with E-state index in [2.05, 4.69) is 10.3 Å². The van der Waals surface area contributed by atoms with Crippen LogP contribution < -0.4 is 15.1 Å². The van der Waals surface area contributed by atoms with Gasteiger partial charge in [0.15, 0.2) is 9.84 Å². The Bertz CT molecular complexity index is 1080. The van der Waals surface area contributed by atoms with Crippen molar-refractivity contribution in [2.24, 2.45) is 0 Å². The predicted molar refractivity (Wildman–Crippen MR) is 112 cm³/mol. The first-order valence-corrected chi connectivity index (χ1v) is 11.5. The Morgan fingerprint density at radius 1 is 1.23 bits per heavy atom. The van der Waals surface area contributed by atoms with E-state index in [1.165, 1.54) is 11.0 Å². The number of hydrogen-bond acceptors (Lipinski definition) is 7. The number of ether oxygens (including phenoxy) is 1. The third-order valence-corrected chi connectivity index (χ3v) is 6.90. The van der Waals surface area contributed by atoms with Crippen LogP contribution in [0.5, 0.6) is 0 Å². The Morgan fingerprint density at radius 3 is 2.65 bits per heavy atom. The summed E-state index contributed by atoms with van der Waals surface area (Å²) >= 11 is 0. The van der Waals surface area contributed by atoms with Gasteiger partial charge in [-0.15, -0.1) is 0 Å². The SMILES string of the molecule is O=CNC[C@H]1CN(c2ccc(-c3ccc(N4CCS(=O)(=O)CC4)nc3)c(F)c2)C(=O)O1. The molecule has 2 aliphatic rings. The van der Waals surface area contributed by atoms with Crippen molar-refractivity contribution in [1.29, 1.82) is 0 Å². The minimum atomic E-state index is -2.98. The van der Waals surface area contributed by atoms with Gasteiger partial charge in [-0.1, -0.05) is 0 Å². The Hall–Kier alpha value is -3.21. The Kier molecular flexibility index (Phi) is 5.77. The number of rotatable bonds is 6. The second kappa shape index (κ2) is 8.50. The number of carbonyl (C=O) groups excluding carboxylic acids is 2. The van der Waals surface area contributed by atoms with Crippen LogP contribution in [-0.2, 0) is 19.4 Å². The molecule has 0 unspecified atom stereocenters. The van der Waals surface area contributed by atoms with Gasteiger partial charge in [0.1, 0.15) is 17.7 Å². The van der Waals surface area contributed by atoms with E-state index in [0.29, 0.717) is 42.1 Å². The van der Waals surface area contributed by atoms with Crippen LogP contribution in [0.4, 0.5) is 20.7 Å². The van der Waals surface area contributed by atoms with Gasteiger partial charge in [0.05, 0.1) is 30.3 Å². The molecule has 0 bridgehead atoms. The smallest absolute Gasteiger partial charge is 0.414 e. The Labute approximate surface area is 178 Å². The van der Waals surface area contributed by atoms with Gasteiger partial charge < -0.3 is 15.0 Å². The van der Waals surface area contributed by atoms with Crippen LogP contribution in [0.3, 0.4) is 0 Å². The minimum absolute atomic E-state index is 0.0948. The molecular weight excluding hydrogens is 427 g/mol. The number of carbonyl (C=O) groups is 2. The van der Waals surface area contributed by atoms with Crippen molar-refractivity contribution in [1.82, 2.24) is 10.3 Å². The van der Waals surface area contributed by atoms with E-state index in [4.69, 9.17) is 4.74 Å². The molecular formula is C20H21FN4O5S. The second-order valence-electron chi connectivity index (χ2n) is 7.35. The highest BCUT2D eigenvalue weighted by atomic mass is 32.2. The van der Waals surface area contributed by atoms with Crippen LogP contribution in [0, 0.1) is 5.82 Å². The molecule has 4 rings (SSSR count). The highest BCUT2D eigenvalue weighted by Crippen LogP contribution is 2.29. The fourth-order valence-corrected chi connectivity index (χ4v) is 4.80. The van der Waals surface area contributed by atoms with Crippen molar-refractivity contribution in [2.45, 2.75) is 6.10 Å². The highest BCUT2D eigenvalue weighted by Gasteiger charge is 2.32. The van der Waals surface area contributed by atoms with Crippen LogP contribution >= 0.6 is 0 Å². The lowest BCUT2D eigenvalue weighted by Crippen LogP contribution is -2.40. The molecule has 1 N–H and O–H groups in total. The summed E-state index contributed by atoms with van der Waals surface area (Å²) in [5.74, 6) is 0.318. The minimum Gasteiger partial charge on any atom is -0.442 e. The van der Waals surface area contributed by atoms with E-state index in [1.807, 2.05) is 4.90 Å². The maximum Gasteiger partial charge on any atom is 0.414 e. The van der Waals surface area contributed by atoms with Crippen molar-refractivity contribution < 1.29 is 27.1 Å². The maximum absolute atomic E-state index is 14.8. The largest absolute Gasteiger partial charge is 0.442 e. The Balaban J connectivity index is 1.47. The highest BCUT2D eigenvalue weighted by molar-refractivity contribution is 7.91. The maximum atomic E-state index is 14.8. The lowest BCUT2D eigenvalue weighted by Gasteiger charge is -2.27. The first-order chi connectivity index (χ1) is 14.9. The Morgan fingerprint density at radius 2 is 2.00 bits per heavy atom. The summed E-state index contributed by atoms with van der Waals surface area (Å²) in [6, 6.07) is 7.92. The lowest BCUT2D eigenvalue weighted by atomic mass is 10.1. The van der Waals surface area contributed by atoms with E-state index in [1.54, 1.807) is 30.5 Å². The van der Waals surface area contributed by atoms with Gasteiger partial charge in [-0.2, -0.15) is 0 Å². The molecule has 2 fully saturated rings. The molecule has 0 aliphatic carbocycles. The first-order valence-electron chi connectivity index (χ1n) is 9.73. The standard InChI is InChI=1S/C20H21FN4O5S/c21-18-9-15(25-12-16(11-22-13-26)30-20(25)27)2-3-17(18)14-1-4-19(23-10-14)24-5-7-31(28,29)8-6-24/h1-4,9-10,13,16H,5-8,11-12H2,(H,22,26)/t16-/m0/s1. The van der Waals surface area contributed by atoms with E-state index < -0.39 is 27.9 Å². The first kappa shape index (κ1) is 21.0. The fraction of sp³-hybridized carbons (Fsp3) is 0.350. The molecule has 2 amide bonds. The van der Waals surface area contributed by atoms with Crippen LogP contribution in [0.15, 0.2) is 36.5 Å². The quantitative estimate of drug-likeness (QED) is 0.662. The number of anilines is 2. The summed E-state index contributed by atoms with van der Waals surface area (Å²) in [6.07, 6.45) is 0.973. The van der Waals surface area contributed by atoms with Gasteiger partial charge in [0, 0.05) is 30.4 Å². The fourth-order valence-electron chi connectivity index (χ4n) is 3.60. The van der Waals surface area contributed by atoms with Crippen molar-refractivity contribution in [3.63, 3.8) is 0 Å². The van der Waals surface area contributed by atoms with Crippen molar-refractivity contribution in [3.05, 3.63) is 42.3 Å². The molecule has 0 spiro atoms. The monoisotopic (exact) mass is 448 g/mol. The number of pyridine rings is 1. The number of amides is 2. The van der Waals surface area contributed by atoms with Gasteiger partial charge in [-0.05, 0) is 30.3 Å². The number of cyclic esters (lactones) is 1. The zero-order valence-electron chi connectivity index (χ0n) is 16.5. The predicted octanol–water partition coefficient (Wildman–Crippen LogP) is 1.19. The van der Waals surface area contributed by atoms with Gasteiger partial charge in [-0.3, -0.25) is 9.69 Å². The molecule has 2 aromatic rings. The molecule has 2 aliphatic heterocycles. The van der Waals surface area contributed by atoms with Gasteiger partial charge in [0.2, 0.25) is 6.41 Å². The molecule has 164 valence electrons. The molecule has 3 heterocycles. The summed E-state index contributed by atoms with van der Waals surface area (Å²) in [6.45, 7) is 1.16. The van der Waals surface area contributed by atoms with E-state index in [9.17, 15) is 22.4 Å². The average Bonchev–Trinajstić information content (AvgIpc) is 3.13. The third kappa shape index (κ3) is 4.61. The molecule has 0 saturated carbocycles. The van der Waals surface area contributed by atoms with E-state index in [0.717, 1.165) is 0 Å².